The summed E-state index contributed by atoms with van der Waals surface area (Å²) >= 11 is 0. The molecule has 7 nitrogen and oxygen atoms in total. The van der Waals surface area contributed by atoms with E-state index >= 15 is 0 Å². The smallest absolute Gasteiger partial charge is 0.397 e. The number of hydrogen-bond donors (Lipinski definition) is 1. The van der Waals surface area contributed by atoms with Crippen molar-refractivity contribution in [3.63, 3.8) is 0 Å². The highest BCUT2D eigenvalue weighted by Crippen LogP contribution is 2.40. The van der Waals surface area contributed by atoms with E-state index < -0.39 is 27.6 Å². The monoisotopic (exact) mass is 405 g/mol. The first kappa shape index (κ1) is 20.7. The number of hydrogen-bond acceptors (Lipinski definition) is 5. The number of halogens is 3. The molecule has 1 N–H and O–H groups in total. The van der Waals surface area contributed by atoms with E-state index in [4.69, 9.17) is 0 Å². The lowest BCUT2D eigenvalue weighted by molar-refractivity contribution is -0.180. The number of alkyl halides is 3. The van der Waals surface area contributed by atoms with Gasteiger partial charge in [-0.3, -0.25) is 9.40 Å². The molecule has 11 heteroatoms. The maximum Gasteiger partial charge on any atom is 0.397 e. The molecule has 0 radical (unpaired) electrons. The van der Waals surface area contributed by atoms with Gasteiger partial charge in [0.2, 0.25) is 0 Å². The summed E-state index contributed by atoms with van der Waals surface area (Å²) in [6.45, 7) is 2.02. The summed E-state index contributed by atoms with van der Waals surface area (Å²) in [4.78, 5) is 11.3. The number of aromatic nitrogens is 2. The van der Waals surface area contributed by atoms with Crippen LogP contribution >= 0.6 is 0 Å². The summed E-state index contributed by atoms with van der Waals surface area (Å²) in [6, 6.07) is 5.57. The maximum absolute atomic E-state index is 13.1. The molecule has 148 valence electrons. The van der Waals surface area contributed by atoms with Gasteiger partial charge in [-0.05, 0) is 31.5 Å². The van der Waals surface area contributed by atoms with Crippen molar-refractivity contribution in [1.29, 1.82) is 0 Å². The number of benzene rings is 1. The average molecular weight is 405 g/mol. The standard InChI is InChI=1S/C16H18F3N3O4S/c1-15(2,16(17,18)19)10-5-7-11(8-6-10)27(24,25)21-13-9-12(14(23)26-4)22(3)20-13/h5-9H,1-4H3,(H,20,21). The Labute approximate surface area is 154 Å². The van der Waals surface area contributed by atoms with Gasteiger partial charge in [-0.25, -0.2) is 13.2 Å². The Kier molecular flexibility index (Phi) is 5.28. The molecule has 0 amide bonds. The third-order valence-corrected chi connectivity index (χ3v) is 5.48. The molecular weight excluding hydrogens is 387 g/mol. The number of esters is 1. The number of nitrogens with zero attached hydrogens (tertiary/aromatic N) is 2. The van der Waals surface area contributed by atoms with E-state index in [2.05, 4.69) is 14.6 Å². The van der Waals surface area contributed by atoms with Crippen molar-refractivity contribution in [3.8, 4) is 0 Å². The molecule has 0 atom stereocenters. The van der Waals surface area contributed by atoms with E-state index in [9.17, 15) is 26.4 Å². The second-order valence-electron chi connectivity index (χ2n) is 6.28. The summed E-state index contributed by atoms with van der Waals surface area (Å²) in [7, 11) is -1.51. The predicted octanol–water partition coefficient (Wildman–Crippen LogP) is 2.85. The van der Waals surface area contributed by atoms with Crippen LogP contribution in [0.1, 0.15) is 29.9 Å². The fourth-order valence-corrected chi connectivity index (χ4v) is 3.21. The second-order valence-corrected chi connectivity index (χ2v) is 7.97. The lowest BCUT2D eigenvalue weighted by Crippen LogP contribution is -2.36. The van der Waals surface area contributed by atoms with Crippen molar-refractivity contribution in [2.45, 2.75) is 30.3 Å². The van der Waals surface area contributed by atoms with Crippen LogP contribution in [0.3, 0.4) is 0 Å². The van der Waals surface area contributed by atoms with Gasteiger partial charge in [0.05, 0.1) is 17.4 Å². The number of nitrogens with one attached hydrogen (secondary N) is 1. The van der Waals surface area contributed by atoms with Crippen molar-refractivity contribution < 1.29 is 31.1 Å². The first-order chi connectivity index (χ1) is 12.3. The van der Waals surface area contributed by atoms with Gasteiger partial charge in [0, 0.05) is 13.1 Å². The Hall–Kier alpha value is -2.56. The van der Waals surface area contributed by atoms with Crippen LogP contribution in [0.2, 0.25) is 0 Å². The number of anilines is 1. The molecule has 0 bridgehead atoms. The topological polar surface area (TPSA) is 90.3 Å². The number of sulfonamides is 1. The highest BCUT2D eigenvalue weighted by Gasteiger charge is 2.48. The second kappa shape index (κ2) is 6.87. The van der Waals surface area contributed by atoms with Gasteiger partial charge < -0.3 is 4.74 Å². The normalized spacial score (nSPS) is 12.7. The molecule has 27 heavy (non-hydrogen) atoms. The van der Waals surface area contributed by atoms with Crippen LogP contribution < -0.4 is 4.72 Å². The fraction of sp³-hybridized carbons (Fsp3) is 0.375. The van der Waals surface area contributed by atoms with E-state index in [0.717, 1.165) is 42.8 Å². The number of methoxy groups -OCH3 is 1. The number of aryl methyl sites for hydroxylation is 1. The number of carbonyl (C=O) groups is 1. The largest absolute Gasteiger partial charge is 0.464 e. The van der Waals surface area contributed by atoms with Crippen molar-refractivity contribution >= 4 is 21.8 Å². The Morgan fingerprint density at radius 1 is 1.19 bits per heavy atom. The van der Waals surface area contributed by atoms with Gasteiger partial charge in [-0.1, -0.05) is 12.1 Å². The minimum atomic E-state index is -4.48. The minimum Gasteiger partial charge on any atom is -0.464 e. The Morgan fingerprint density at radius 3 is 2.22 bits per heavy atom. The maximum atomic E-state index is 13.1. The number of ether oxygens (including phenoxy) is 1. The molecule has 0 saturated heterocycles. The van der Waals surface area contributed by atoms with E-state index in [-0.39, 0.29) is 22.0 Å². The van der Waals surface area contributed by atoms with Gasteiger partial charge in [0.25, 0.3) is 10.0 Å². The molecule has 1 aromatic heterocycles. The molecule has 2 rings (SSSR count). The molecule has 0 unspecified atom stereocenters. The van der Waals surface area contributed by atoms with Gasteiger partial charge in [0.15, 0.2) is 5.82 Å². The first-order valence-electron chi connectivity index (χ1n) is 7.62. The molecule has 1 aromatic carbocycles. The fourth-order valence-electron chi connectivity index (χ4n) is 2.22. The molecule has 0 saturated carbocycles. The van der Waals surface area contributed by atoms with E-state index in [1.807, 2.05) is 0 Å². The SMILES string of the molecule is COC(=O)c1cc(NS(=O)(=O)c2ccc(C(C)(C)C(F)(F)F)cc2)nn1C. The van der Waals surface area contributed by atoms with Gasteiger partial charge >= 0.3 is 12.1 Å². The van der Waals surface area contributed by atoms with Gasteiger partial charge in [0.1, 0.15) is 5.69 Å². The highest BCUT2D eigenvalue weighted by atomic mass is 32.2. The average Bonchev–Trinajstić information content (AvgIpc) is 2.92. The van der Waals surface area contributed by atoms with Crippen LogP contribution in [0, 0.1) is 0 Å². The predicted molar refractivity (Wildman–Crippen MR) is 90.9 cm³/mol. The molecule has 0 aliphatic carbocycles. The lowest BCUT2D eigenvalue weighted by atomic mass is 9.84. The molecule has 0 aliphatic rings. The van der Waals surface area contributed by atoms with E-state index in [0.29, 0.717) is 0 Å². The van der Waals surface area contributed by atoms with Crippen LogP contribution in [0.15, 0.2) is 35.2 Å². The van der Waals surface area contributed by atoms with Crippen molar-refractivity contribution in [2.75, 3.05) is 11.8 Å². The molecule has 0 aliphatic heterocycles. The van der Waals surface area contributed by atoms with Crippen LogP contribution in [-0.2, 0) is 27.2 Å². The molecule has 0 fully saturated rings. The highest BCUT2D eigenvalue weighted by molar-refractivity contribution is 7.92. The summed E-state index contributed by atoms with van der Waals surface area (Å²) in [5.41, 5.74) is -2.17. The number of rotatable bonds is 5. The third kappa shape index (κ3) is 4.07. The molecular formula is C16H18F3N3O4S. The molecule has 0 spiro atoms. The Balaban J connectivity index is 2.29. The Morgan fingerprint density at radius 2 is 1.74 bits per heavy atom. The zero-order valence-electron chi connectivity index (χ0n) is 15.0. The first-order valence-corrected chi connectivity index (χ1v) is 9.10. The summed E-state index contributed by atoms with van der Waals surface area (Å²) in [6.07, 6.45) is -4.48. The van der Waals surface area contributed by atoms with Crippen molar-refractivity contribution in [2.24, 2.45) is 7.05 Å². The zero-order chi connectivity index (χ0) is 20.6. The minimum absolute atomic E-state index is 0.0254. The van der Waals surface area contributed by atoms with Crippen molar-refractivity contribution in [1.82, 2.24) is 9.78 Å². The van der Waals surface area contributed by atoms with Crippen LogP contribution in [0.4, 0.5) is 19.0 Å². The third-order valence-electron chi connectivity index (χ3n) is 4.11. The summed E-state index contributed by atoms with van der Waals surface area (Å²) in [5, 5.41) is 3.86. The molecule has 1 heterocycles. The van der Waals surface area contributed by atoms with Gasteiger partial charge in [-0.15, -0.1) is 0 Å². The van der Waals surface area contributed by atoms with Crippen LogP contribution in [0.5, 0.6) is 0 Å². The lowest BCUT2D eigenvalue weighted by Gasteiger charge is -2.28. The van der Waals surface area contributed by atoms with Crippen LogP contribution in [-0.4, -0.2) is 37.5 Å². The quantitative estimate of drug-likeness (QED) is 0.773. The molecule has 2 aromatic rings. The van der Waals surface area contributed by atoms with Gasteiger partial charge in [-0.2, -0.15) is 18.3 Å². The van der Waals surface area contributed by atoms with E-state index in [1.165, 1.54) is 20.2 Å². The summed E-state index contributed by atoms with van der Waals surface area (Å²) in [5.74, 6) is -0.827. The van der Waals surface area contributed by atoms with Crippen LogP contribution in [0.25, 0.3) is 0 Å². The Bertz CT molecular complexity index is 948. The summed E-state index contributed by atoms with van der Waals surface area (Å²) < 4.78 is 72.0. The number of carbonyl (C=O) groups excluding carboxylic acids is 1. The van der Waals surface area contributed by atoms with E-state index in [1.54, 1.807) is 0 Å². The zero-order valence-corrected chi connectivity index (χ0v) is 15.8. The van der Waals surface area contributed by atoms with Crippen molar-refractivity contribution in [3.05, 3.63) is 41.6 Å².